The molecule has 1 fully saturated rings. The van der Waals surface area contributed by atoms with E-state index in [1.807, 2.05) is 42.5 Å². The molecule has 0 saturated carbocycles. The number of nitrogens with zero attached hydrogens (tertiary/aromatic N) is 2. The van der Waals surface area contributed by atoms with Gasteiger partial charge in [-0.25, -0.2) is 4.98 Å². The smallest absolute Gasteiger partial charge is 0.252 e. The first-order valence-electron chi connectivity index (χ1n) is 11.4. The van der Waals surface area contributed by atoms with Crippen molar-refractivity contribution in [2.24, 2.45) is 0 Å². The van der Waals surface area contributed by atoms with Gasteiger partial charge in [0.05, 0.1) is 17.8 Å². The van der Waals surface area contributed by atoms with Crippen LogP contribution in [0.15, 0.2) is 48.4 Å². The molecule has 164 valence electrons. The number of carbonyl (C=O) groups is 1. The molecule has 6 heteroatoms. The van der Waals surface area contributed by atoms with E-state index in [1.165, 1.54) is 32.2 Å². The maximum atomic E-state index is 12.6. The number of amides is 1. The van der Waals surface area contributed by atoms with Gasteiger partial charge < -0.3 is 20.3 Å². The summed E-state index contributed by atoms with van der Waals surface area (Å²) in [7, 11) is 0. The van der Waals surface area contributed by atoms with Crippen LogP contribution in [0.4, 0.5) is 5.69 Å². The molecule has 2 aromatic rings. The topological polar surface area (TPSA) is 66.5 Å². The summed E-state index contributed by atoms with van der Waals surface area (Å²) in [5.74, 6) is 1.21. The van der Waals surface area contributed by atoms with E-state index in [2.05, 4.69) is 27.4 Å². The first-order chi connectivity index (χ1) is 15.2. The van der Waals surface area contributed by atoms with Crippen LogP contribution in [0.25, 0.3) is 6.08 Å². The lowest BCUT2D eigenvalue weighted by Gasteiger charge is -2.35. The number of carbonyl (C=O) groups excluding carboxylic acids is 1. The van der Waals surface area contributed by atoms with Crippen LogP contribution in [0.5, 0.6) is 5.88 Å². The van der Waals surface area contributed by atoms with Crippen LogP contribution in [-0.2, 0) is 0 Å². The average molecular weight is 421 g/mol. The Bertz CT molecular complexity index is 913. The van der Waals surface area contributed by atoms with Crippen molar-refractivity contribution in [1.82, 2.24) is 15.2 Å². The molecule has 1 unspecified atom stereocenters. The Hall–Kier alpha value is -2.86. The molecule has 1 amide bonds. The third-order valence-electron chi connectivity index (χ3n) is 6.05. The molecular weight excluding hydrogens is 388 g/mol. The van der Waals surface area contributed by atoms with Crippen molar-refractivity contribution in [3.63, 3.8) is 0 Å². The molecule has 0 spiro atoms. The monoisotopic (exact) mass is 420 g/mol. The van der Waals surface area contributed by atoms with Gasteiger partial charge in [0.1, 0.15) is 5.76 Å². The number of hydrogen-bond donors (Lipinski definition) is 2. The van der Waals surface area contributed by atoms with Gasteiger partial charge in [0.2, 0.25) is 5.88 Å². The molecule has 6 nitrogen and oxygen atoms in total. The molecule has 4 rings (SSSR count). The first-order valence-corrected chi connectivity index (χ1v) is 11.4. The zero-order valence-corrected chi connectivity index (χ0v) is 18.3. The van der Waals surface area contributed by atoms with E-state index in [0.717, 1.165) is 30.0 Å². The van der Waals surface area contributed by atoms with E-state index < -0.39 is 0 Å². The lowest BCUT2D eigenvalue weighted by molar-refractivity contribution is 0.0947. The summed E-state index contributed by atoms with van der Waals surface area (Å²) in [4.78, 5) is 19.5. The first kappa shape index (κ1) is 21.4. The third kappa shape index (κ3) is 5.64. The normalized spacial score (nSPS) is 19.9. The van der Waals surface area contributed by atoms with Crippen LogP contribution >= 0.6 is 0 Å². The minimum absolute atomic E-state index is 0.0894. The highest BCUT2D eigenvalue weighted by molar-refractivity contribution is 5.95. The maximum Gasteiger partial charge on any atom is 0.252 e. The minimum Gasteiger partial charge on any atom is -0.440 e. The molecule has 1 aromatic carbocycles. The largest absolute Gasteiger partial charge is 0.440 e. The maximum absolute atomic E-state index is 12.6. The van der Waals surface area contributed by atoms with Crippen molar-refractivity contribution in [3.8, 4) is 5.88 Å². The molecule has 1 saturated heterocycles. The summed E-state index contributed by atoms with van der Waals surface area (Å²) in [6, 6.07) is 12.6. The van der Waals surface area contributed by atoms with Crippen LogP contribution in [0.1, 0.15) is 54.9 Å². The summed E-state index contributed by atoms with van der Waals surface area (Å²) in [5.41, 5.74) is 2.38. The van der Waals surface area contributed by atoms with Gasteiger partial charge in [-0.2, -0.15) is 0 Å². The van der Waals surface area contributed by atoms with E-state index in [0.29, 0.717) is 30.6 Å². The number of hydrogen-bond acceptors (Lipinski definition) is 5. The van der Waals surface area contributed by atoms with Crippen LogP contribution in [0.3, 0.4) is 0 Å². The fourth-order valence-corrected chi connectivity index (χ4v) is 4.35. The van der Waals surface area contributed by atoms with Gasteiger partial charge in [0.15, 0.2) is 0 Å². The predicted molar refractivity (Wildman–Crippen MR) is 124 cm³/mol. The van der Waals surface area contributed by atoms with Crippen molar-refractivity contribution in [3.05, 3.63) is 59.5 Å². The Morgan fingerprint density at radius 2 is 2.19 bits per heavy atom. The highest BCUT2D eigenvalue weighted by atomic mass is 16.5. The average Bonchev–Trinajstić information content (AvgIpc) is 2.82. The van der Waals surface area contributed by atoms with Crippen molar-refractivity contribution in [2.75, 3.05) is 31.5 Å². The minimum atomic E-state index is -0.0894. The van der Waals surface area contributed by atoms with Crippen molar-refractivity contribution in [1.29, 1.82) is 0 Å². The van der Waals surface area contributed by atoms with Crippen molar-refractivity contribution >= 4 is 17.7 Å². The fourth-order valence-electron chi connectivity index (χ4n) is 4.35. The van der Waals surface area contributed by atoms with E-state index in [1.54, 1.807) is 6.20 Å². The number of benzene rings is 1. The van der Waals surface area contributed by atoms with Crippen molar-refractivity contribution in [2.45, 2.75) is 45.1 Å². The highest BCUT2D eigenvalue weighted by Crippen LogP contribution is 2.29. The number of ether oxygens (including phenoxy) is 1. The number of aromatic nitrogens is 1. The molecule has 1 aromatic heterocycles. The Balaban J connectivity index is 1.28. The van der Waals surface area contributed by atoms with Gasteiger partial charge >= 0.3 is 0 Å². The number of pyridine rings is 1. The predicted octanol–water partition coefficient (Wildman–Crippen LogP) is 4.31. The summed E-state index contributed by atoms with van der Waals surface area (Å²) < 4.78 is 5.91. The summed E-state index contributed by atoms with van der Waals surface area (Å²) in [5, 5.41) is 6.34. The zero-order chi connectivity index (χ0) is 21.5. The summed E-state index contributed by atoms with van der Waals surface area (Å²) >= 11 is 0. The van der Waals surface area contributed by atoms with E-state index in [4.69, 9.17) is 4.74 Å². The summed E-state index contributed by atoms with van der Waals surface area (Å²) in [6.45, 7) is 5.74. The van der Waals surface area contributed by atoms with Gasteiger partial charge in [-0.05, 0) is 49.9 Å². The van der Waals surface area contributed by atoms with Gasteiger partial charge in [-0.15, -0.1) is 0 Å². The molecule has 0 bridgehead atoms. The molecule has 31 heavy (non-hydrogen) atoms. The summed E-state index contributed by atoms with van der Waals surface area (Å²) in [6.07, 6.45) is 9.70. The second-order valence-corrected chi connectivity index (χ2v) is 8.26. The lowest BCUT2D eigenvalue weighted by Crippen LogP contribution is -2.40. The number of likely N-dealkylation sites (tertiary alicyclic amines) is 1. The highest BCUT2D eigenvalue weighted by Gasteiger charge is 2.20. The molecule has 1 atom stereocenters. The number of anilines is 1. The Labute approximate surface area is 184 Å². The van der Waals surface area contributed by atoms with E-state index in [-0.39, 0.29) is 5.91 Å². The van der Waals surface area contributed by atoms with Crippen LogP contribution in [0, 0.1) is 0 Å². The number of fused-ring (bicyclic) bond motifs is 1. The quantitative estimate of drug-likeness (QED) is 0.654. The van der Waals surface area contributed by atoms with Crippen molar-refractivity contribution < 1.29 is 9.53 Å². The molecular formula is C25H32N4O2. The molecule has 2 N–H and O–H groups in total. The SMILES string of the molecule is CCC1CCCCN1CCCNC(=O)c1cnc2c(c1)NCC(=Cc1ccccc1)O2. The second kappa shape index (κ2) is 10.4. The molecule has 0 aliphatic carbocycles. The van der Waals surface area contributed by atoms with Gasteiger partial charge in [0.25, 0.3) is 5.91 Å². The van der Waals surface area contributed by atoms with Crippen LogP contribution in [0.2, 0.25) is 0 Å². The Kier molecular flexibility index (Phi) is 7.20. The second-order valence-electron chi connectivity index (χ2n) is 8.26. The van der Waals surface area contributed by atoms with Crippen LogP contribution < -0.4 is 15.4 Å². The number of nitrogens with one attached hydrogen (secondary N) is 2. The van der Waals surface area contributed by atoms with Gasteiger partial charge in [0, 0.05) is 25.3 Å². The Morgan fingerprint density at radius 1 is 1.32 bits per heavy atom. The molecule has 0 radical (unpaired) electrons. The lowest BCUT2D eigenvalue weighted by atomic mass is 10.00. The van der Waals surface area contributed by atoms with E-state index >= 15 is 0 Å². The molecule has 2 aliphatic rings. The van der Waals surface area contributed by atoms with Gasteiger partial charge in [-0.1, -0.05) is 43.7 Å². The van der Waals surface area contributed by atoms with Crippen LogP contribution in [-0.4, -0.2) is 48.0 Å². The number of rotatable bonds is 7. The molecule has 3 heterocycles. The molecule has 2 aliphatic heterocycles. The number of piperidine rings is 1. The third-order valence-corrected chi connectivity index (χ3v) is 6.05. The standard InChI is InChI=1S/C25H32N4O2/c1-2-21-11-6-7-13-29(21)14-8-12-26-24(30)20-16-23-25(28-17-20)31-22(18-27-23)15-19-9-4-3-5-10-19/h3-5,9-10,15-17,21,27H,2,6-8,11-14,18H2,1H3,(H,26,30). The zero-order valence-electron chi connectivity index (χ0n) is 18.3. The van der Waals surface area contributed by atoms with E-state index in [9.17, 15) is 4.79 Å². The fraction of sp³-hybridized carbons (Fsp3) is 0.440. The Morgan fingerprint density at radius 3 is 3.03 bits per heavy atom. The van der Waals surface area contributed by atoms with Gasteiger partial charge in [-0.3, -0.25) is 4.79 Å².